The van der Waals surface area contributed by atoms with Gasteiger partial charge in [-0.15, -0.1) is 0 Å². The lowest BCUT2D eigenvalue weighted by Gasteiger charge is -2.23. The highest BCUT2D eigenvalue weighted by Crippen LogP contribution is 2.24. The van der Waals surface area contributed by atoms with Crippen LogP contribution in [0.1, 0.15) is 18.1 Å². The summed E-state index contributed by atoms with van der Waals surface area (Å²) in [4.78, 5) is 6.46. The summed E-state index contributed by atoms with van der Waals surface area (Å²) in [5, 5.41) is 3.37. The van der Waals surface area contributed by atoms with Crippen LogP contribution in [0.3, 0.4) is 0 Å². The fourth-order valence-corrected chi connectivity index (χ4v) is 2.34. The van der Waals surface area contributed by atoms with Crippen LogP contribution < -0.4 is 15.0 Å². The molecular formula is C17H23N3O. The van der Waals surface area contributed by atoms with Crippen LogP contribution in [0.4, 0.5) is 5.69 Å². The van der Waals surface area contributed by atoms with E-state index >= 15 is 0 Å². The van der Waals surface area contributed by atoms with Crippen LogP contribution in [0, 0.1) is 0 Å². The van der Waals surface area contributed by atoms with Crippen molar-refractivity contribution < 1.29 is 4.74 Å². The number of nitrogens with one attached hydrogen (secondary N) is 1. The van der Waals surface area contributed by atoms with Crippen LogP contribution in [0.25, 0.3) is 0 Å². The fraction of sp³-hybridized carbons (Fsp3) is 0.353. The Hall–Kier alpha value is -2.07. The second-order valence-electron chi connectivity index (χ2n) is 4.95. The zero-order chi connectivity index (χ0) is 15.1. The predicted molar refractivity (Wildman–Crippen MR) is 86.7 cm³/mol. The Bertz CT molecular complexity index is 571. The van der Waals surface area contributed by atoms with Crippen molar-refractivity contribution >= 4 is 5.69 Å². The molecule has 2 aromatic rings. The van der Waals surface area contributed by atoms with Crippen LogP contribution in [-0.2, 0) is 13.1 Å². The Balaban J connectivity index is 2.18. The minimum atomic E-state index is 0.787. The zero-order valence-electron chi connectivity index (χ0n) is 13.0. The molecule has 0 bridgehead atoms. The number of rotatable bonds is 7. The summed E-state index contributed by atoms with van der Waals surface area (Å²) >= 11 is 0. The molecule has 0 aliphatic heterocycles. The normalized spacial score (nSPS) is 10.4. The first-order chi connectivity index (χ1) is 10.3. The molecular weight excluding hydrogens is 262 g/mol. The Morgan fingerprint density at radius 2 is 2.00 bits per heavy atom. The summed E-state index contributed by atoms with van der Waals surface area (Å²) in [5.41, 5.74) is 3.56. The van der Waals surface area contributed by atoms with Gasteiger partial charge in [-0.3, -0.25) is 4.98 Å². The molecule has 1 aromatic carbocycles. The highest BCUT2D eigenvalue weighted by Gasteiger charge is 2.10. The molecule has 0 saturated heterocycles. The van der Waals surface area contributed by atoms with Crippen LogP contribution >= 0.6 is 0 Å². The van der Waals surface area contributed by atoms with Crippen molar-refractivity contribution in [2.24, 2.45) is 0 Å². The average molecular weight is 285 g/mol. The molecule has 0 spiro atoms. The number of hydrogen-bond donors (Lipinski definition) is 1. The van der Waals surface area contributed by atoms with Gasteiger partial charge >= 0.3 is 0 Å². The van der Waals surface area contributed by atoms with Crippen LogP contribution in [0.5, 0.6) is 5.75 Å². The number of pyridine rings is 1. The van der Waals surface area contributed by atoms with E-state index in [0.717, 1.165) is 31.1 Å². The fourth-order valence-electron chi connectivity index (χ4n) is 2.34. The monoisotopic (exact) mass is 285 g/mol. The highest BCUT2D eigenvalue weighted by molar-refractivity contribution is 5.52. The van der Waals surface area contributed by atoms with E-state index in [1.165, 1.54) is 11.1 Å². The Labute approximate surface area is 126 Å². The molecule has 0 aliphatic carbocycles. The number of aromatic nitrogens is 1. The minimum Gasteiger partial charge on any atom is -0.496 e. The second-order valence-corrected chi connectivity index (χ2v) is 4.95. The molecule has 21 heavy (non-hydrogen) atoms. The van der Waals surface area contributed by atoms with Crippen molar-refractivity contribution in [3.05, 3.63) is 53.9 Å². The van der Waals surface area contributed by atoms with Crippen molar-refractivity contribution in [2.45, 2.75) is 20.0 Å². The molecule has 0 aliphatic rings. The number of hydrogen-bond acceptors (Lipinski definition) is 4. The lowest BCUT2D eigenvalue weighted by atomic mass is 10.1. The van der Waals surface area contributed by atoms with Gasteiger partial charge in [-0.05, 0) is 24.2 Å². The summed E-state index contributed by atoms with van der Waals surface area (Å²) < 4.78 is 5.42. The van der Waals surface area contributed by atoms with Gasteiger partial charge in [0.25, 0.3) is 0 Å². The SMILES string of the molecule is CCNCc1ccncc1N(C)Cc1ccccc1OC. The van der Waals surface area contributed by atoms with Crippen molar-refractivity contribution in [3.8, 4) is 5.75 Å². The first kappa shape index (κ1) is 15.3. The Morgan fingerprint density at radius 1 is 1.19 bits per heavy atom. The number of methoxy groups -OCH3 is 1. The number of ether oxygens (including phenoxy) is 1. The first-order valence-electron chi connectivity index (χ1n) is 7.23. The lowest BCUT2D eigenvalue weighted by molar-refractivity contribution is 0.409. The van der Waals surface area contributed by atoms with Gasteiger partial charge < -0.3 is 15.0 Å². The van der Waals surface area contributed by atoms with Gasteiger partial charge in [-0.1, -0.05) is 25.1 Å². The topological polar surface area (TPSA) is 37.4 Å². The van der Waals surface area contributed by atoms with E-state index in [9.17, 15) is 0 Å². The second kappa shape index (κ2) is 7.64. The van der Waals surface area contributed by atoms with Crippen LogP contribution in [-0.4, -0.2) is 25.7 Å². The van der Waals surface area contributed by atoms with Gasteiger partial charge in [0.2, 0.25) is 0 Å². The van der Waals surface area contributed by atoms with E-state index < -0.39 is 0 Å². The highest BCUT2D eigenvalue weighted by atomic mass is 16.5. The summed E-state index contributed by atoms with van der Waals surface area (Å²) in [7, 11) is 3.79. The molecule has 1 heterocycles. The number of nitrogens with zero attached hydrogens (tertiary/aromatic N) is 2. The molecule has 0 saturated carbocycles. The molecule has 0 amide bonds. The molecule has 4 nitrogen and oxygen atoms in total. The van der Waals surface area contributed by atoms with E-state index in [4.69, 9.17) is 4.74 Å². The third-order valence-electron chi connectivity index (χ3n) is 3.46. The summed E-state index contributed by atoms with van der Waals surface area (Å²) in [6.07, 6.45) is 3.76. The molecule has 4 heteroatoms. The molecule has 0 fully saturated rings. The quantitative estimate of drug-likeness (QED) is 0.849. The average Bonchev–Trinajstić information content (AvgIpc) is 2.53. The molecule has 2 rings (SSSR count). The first-order valence-corrected chi connectivity index (χ1v) is 7.23. The Morgan fingerprint density at radius 3 is 2.76 bits per heavy atom. The van der Waals surface area contributed by atoms with Gasteiger partial charge in [0.1, 0.15) is 5.75 Å². The van der Waals surface area contributed by atoms with E-state index in [1.807, 2.05) is 30.6 Å². The third kappa shape index (κ3) is 3.95. The van der Waals surface area contributed by atoms with Crippen molar-refractivity contribution in [2.75, 3.05) is 25.6 Å². The van der Waals surface area contributed by atoms with Crippen LogP contribution in [0.15, 0.2) is 42.7 Å². The maximum atomic E-state index is 5.42. The summed E-state index contributed by atoms with van der Waals surface area (Å²) in [5.74, 6) is 0.918. The molecule has 1 N–H and O–H groups in total. The molecule has 112 valence electrons. The zero-order valence-corrected chi connectivity index (χ0v) is 13.0. The van der Waals surface area contributed by atoms with E-state index in [2.05, 4.69) is 41.3 Å². The third-order valence-corrected chi connectivity index (χ3v) is 3.46. The van der Waals surface area contributed by atoms with E-state index in [0.29, 0.717) is 0 Å². The van der Waals surface area contributed by atoms with Crippen molar-refractivity contribution in [3.63, 3.8) is 0 Å². The minimum absolute atomic E-state index is 0.787. The van der Waals surface area contributed by atoms with E-state index in [1.54, 1.807) is 7.11 Å². The van der Waals surface area contributed by atoms with Crippen LogP contribution in [0.2, 0.25) is 0 Å². The maximum absolute atomic E-state index is 5.42. The molecule has 0 atom stereocenters. The lowest BCUT2D eigenvalue weighted by Crippen LogP contribution is -2.21. The van der Waals surface area contributed by atoms with Crippen molar-refractivity contribution in [1.29, 1.82) is 0 Å². The summed E-state index contributed by atoms with van der Waals surface area (Å²) in [6.45, 7) is 4.71. The smallest absolute Gasteiger partial charge is 0.123 e. The predicted octanol–water partition coefficient (Wildman–Crippen LogP) is 2.84. The number of anilines is 1. The molecule has 1 aromatic heterocycles. The summed E-state index contributed by atoms with van der Waals surface area (Å²) in [6, 6.07) is 10.2. The van der Waals surface area contributed by atoms with Gasteiger partial charge in [0, 0.05) is 31.9 Å². The largest absolute Gasteiger partial charge is 0.496 e. The standard InChI is InChI=1S/C17H23N3O/c1-4-18-11-14-9-10-19-12-16(14)20(2)13-15-7-5-6-8-17(15)21-3/h5-10,12,18H,4,11,13H2,1-3H3. The maximum Gasteiger partial charge on any atom is 0.123 e. The molecule has 0 radical (unpaired) electrons. The van der Waals surface area contributed by atoms with Crippen molar-refractivity contribution in [1.82, 2.24) is 10.3 Å². The van der Waals surface area contributed by atoms with Gasteiger partial charge in [-0.25, -0.2) is 0 Å². The number of benzene rings is 1. The molecule has 0 unspecified atom stereocenters. The van der Waals surface area contributed by atoms with E-state index in [-0.39, 0.29) is 0 Å². The number of para-hydroxylation sites is 1. The van der Waals surface area contributed by atoms with Gasteiger partial charge in [0.15, 0.2) is 0 Å². The van der Waals surface area contributed by atoms with Gasteiger partial charge in [0.05, 0.1) is 19.0 Å². The van der Waals surface area contributed by atoms with Gasteiger partial charge in [-0.2, -0.15) is 0 Å². The Kier molecular flexibility index (Phi) is 5.58.